The van der Waals surface area contributed by atoms with E-state index < -0.39 is 0 Å². The van der Waals surface area contributed by atoms with Gasteiger partial charge in [-0.1, -0.05) is 28.1 Å². The summed E-state index contributed by atoms with van der Waals surface area (Å²) in [6.45, 7) is 3.08. The van der Waals surface area contributed by atoms with E-state index in [-0.39, 0.29) is 17.6 Å². The average molecular weight is 417 g/mol. The van der Waals surface area contributed by atoms with E-state index >= 15 is 0 Å². The van der Waals surface area contributed by atoms with Gasteiger partial charge in [0.15, 0.2) is 0 Å². The number of ether oxygens (including phenoxy) is 1. The Labute approximate surface area is 160 Å². The van der Waals surface area contributed by atoms with E-state index in [4.69, 9.17) is 4.74 Å². The summed E-state index contributed by atoms with van der Waals surface area (Å²) < 4.78 is 8.75. The maximum atomic E-state index is 12.3. The Morgan fingerprint density at radius 3 is 2.50 bits per heavy atom. The summed E-state index contributed by atoms with van der Waals surface area (Å²) in [6, 6.07) is 11.6. The summed E-state index contributed by atoms with van der Waals surface area (Å²) in [5.41, 5.74) is 1.95. The molecule has 2 aromatic rings. The van der Waals surface area contributed by atoms with E-state index in [0.717, 1.165) is 28.6 Å². The van der Waals surface area contributed by atoms with E-state index in [0.29, 0.717) is 31.3 Å². The van der Waals surface area contributed by atoms with Gasteiger partial charge < -0.3 is 14.2 Å². The largest absolute Gasteiger partial charge is 0.486 e. The number of likely N-dealkylation sites (tertiary alicyclic amines) is 1. The van der Waals surface area contributed by atoms with Crippen LogP contribution in [0.1, 0.15) is 30.1 Å². The van der Waals surface area contributed by atoms with E-state index in [1.807, 2.05) is 41.8 Å². The average Bonchev–Trinajstić information content (AvgIpc) is 3.37. The van der Waals surface area contributed by atoms with Crippen molar-refractivity contribution < 1.29 is 9.53 Å². The lowest BCUT2D eigenvalue weighted by atomic mass is 10.1. The molecule has 1 saturated heterocycles. The first-order valence-electron chi connectivity index (χ1n) is 8.91. The molecule has 5 nitrogen and oxygen atoms in total. The number of aromatic nitrogens is 1. The van der Waals surface area contributed by atoms with Gasteiger partial charge in [0, 0.05) is 22.3 Å². The minimum absolute atomic E-state index is 0.00462. The topological polar surface area (TPSA) is 51.5 Å². The summed E-state index contributed by atoms with van der Waals surface area (Å²) in [5.74, 6) is 0.710. The van der Waals surface area contributed by atoms with Crippen LogP contribution in [0.4, 0.5) is 0 Å². The fourth-order valence-corrected chi connectivity index (χ4v) is 3.61. The van der Waals surface area contributed by atoms with Crippen LogP contribution < -0.4 is 10.3 Å². The fourth-order valence-electron chi connectivity index (χ4n) is 3.35. The molecule has 1 aliphatic carbocycles. The highest BCUT2D eigenvalue weighted by molar-refractivity contribution is 9.10. The fraction of sp³-hybridized carbons (Fsp3) is 0.400. The number of rotatable bonds is 5. The highest BCUT2D eigenvalue weighted by Gasteiger charge is 2.32. The molecule has 1 aliphatic heterocycles. The molecule has 136 valence electrons. The first kappa shape index (κ1) is 17.3. The van der Waals surface area contributed by atoms with Crippen LogP contribution in [0.25, 0.3) is 0 Å². The van der Waals surface area contributed by atoms with E-state index in [1.165, 1.54) is 0 Å². The number of pyridine rings is 1. The molecule has 0 bridgehead atoms. The molecule has 2 fully saturated rings. The van der Waals surface area contributed by atoms with E-state index in [1.54, 1.807) is 11.0 Å². The van der Waals surface area contributed by atoms with Crippen LogP contribution in [0, 0.1) is 6.92 Å². The van der Waals surface area contributed by atoms with Crippen LogP contribution in [-0.2, 0) is 11.2 Å². The molecule has 6 heteroatoms. The number of carbonyl (C=O) groups is 1. The second-order valence-electron chi connectivity index (χ2n) is 7.11. The zero-order valence-corrected chi connectivity index (χ0v) is 16.2. The molecule has 0 unspecified atom stereocenters. The van der Waals surface area contributed by atoms with E-state index in [2.05, 4.69) is 15.9 Å². The summed E-state index contributed by atoms with van der Waals surface area (Å²) in [7, 11) is 0. The lowest BCUT2D eigenvalue weighted by Gasteiger charge is -2.39. The van der Waals surface area contributed by atoms with Gasteiger partial charge in [-0.2, -0.15) is 0 Å². The molecule has 2 heterocycles. The highest BCUT2D eigenvalue weighted by atomic mass is 79.9. The third kappa shape index (κ3) is 3.70. The van der Waals surface area contributed by atoms with Crippen molar-refractivity contribution in [2.24, 2.45) is 0 Å². The van der Waals surface area contributed by atoms with Crippen LogP contribution in [0.3, 0.4) is 0 Å². The molecule has 4 rings (SSSR count). The molecule has 0 radical (unpaired) electrons. The lowest BCUT2D eigenvalue weighted by Crippen LogP contribution is -2.56. The summed E-state index contributed by atoms with van der Waals surface area (Å²) in [6.07, 6.45) is 2.52. The molecular weight excluding hydrogens is 396 g/mol. The standard InChI is InChI=1S/C20H21BrN2O3/c1-13-8-17(10-20(25)23(13)16-6-7-16)26-18-11-22(12-18)19(24)9-14-2-4-15(21)5-3-14/h2-5,8,10,16,18H,6-7,9,11-12H2,1H3. The molecule has 1 saturated carbocycles. The molecule has 1 amide bonds. The van der Waals surface area contributed by atoms with Gasteiger partial charge in [0.25, 0.3) is 5.56 Å². The molecule has 1 aromatic carbocycles. The lowest BCUT2D eigenvalue weighted by molar-refractivity contribution is -0.139. The number of nitrogens with zero attached hydrogens (tertiary/aromatic N) is 2. The zero-order valence-electron chi connectivity index (χ0n) is 14.7. The van der Waals surface area contributed by atoms with Crippen LogP contribution in [-0.4, -0.2) is 34.6 Å². The molecule has 2 aliphatic rings. The van der Waals surface area contributed by atoms with Crippen molar-refractivity contribution in [2.45, 2.75) is 38.3 Å². The normalized spacial score (nSPS) is 17.1. The zero-order chi connectivity index (χ0) is 18.3. The number of halogens is 1. The second kappa shape index (κ2) is 6.91. The SMILES string of the molecule is Cc1cc(OC2CN(C(=O)Cc3ccc(Br)cc3)C2)cc(=O)n1C1CC1. The van der Waals surface area contributed by atoms with Crippen LogP contribution in [0.5, 0.6) is 5.75 Å². The van der Waals surface area contributed by atoms with Gasteiger partial charge in [0.2, 0.25) is 5.91 Å². The van der Waals surface area contributed by atoms with Gasteiger partial charge in [-0.25, -0.2) is 0 Å². The first-order chi connectivity index (χ1) is 12.5. The quantitative estimate of drug-likeness (QED) is 0.752. The van der Waals surface area contributed by atoms with Crippen molar-refractivity contribution in [3.63, 3.8) is 0 Å². The summed E-state index contributed by atoms with van der Waals surface area (Å²) in [4.78, 5) is 26.4. The van der Waals surface area contributed by atoms with Crippen LogP contribution in [0.15, 0.2) is 45.7 Å². The van der Waals surface area contributed by atoms with Crippen molar-refractivity contribution >= 4 is 21.8 Å². The van der Waals surface area contributed by atoms with Gasteiger partial charge in [0.05, 0.1) is 19.5 Å². The van der Waals surface area contributed by atoms with Gasteiger partial charge in [-0.15, -0.1) is 0 Å². The molecule has 26 heavy (non-hydrogen) atoms. The monoisotopic (exact) mass is 416 g/mol. The minimum atomic E-state index is -0.0422. The smallest absolute Gasteiger partial charge is 0.254 e. The van der Waals surface area contributed by atoms with Crippen molar-refractivity contribution in [3.05, 3.63) is 62.5 Å². The Kier molecular flexibility index (Phi) is 4.61. The number of hydrogen-bond acceptors (Lipinski definition) is 3. The maximum Gasteiger partial charge on any atom is 0.254 e. The number of aryl methyl sites for hydroxylation is 1. The van der Waals surface area contributed by atoms with Crippen molar-refractivity contribution in [1.82, 2.24) is 9.47 Å². The highest BCUT2D eigenvalue weighted by Crippen LogP contribution is 2.35. The Bertz CT molecular complexity index is 881. The Morgan fingerprint density at radius 1 is 1.19 bits per heavy atom. The van der Waals surface area contributed by atoms with Crippen molar-refractivity contribution in [1.29, 1.82) is 0 Å². The molecule has 0 atom stereocenters. The van der Waals surface area contributed by atoms with Crippen LogP contribution in [0.2, 0.25) is 0 Å². The summed E-state index contributed by atoms with van der Waals surface area (Å²) >= 11 is 3.39. The van der Waals surface area contributed by atoms with Gasteiger partial charge in [-0.3, -0.25) is 9.59 Å². The molecule has 0 spiro atoms. The Morgan fingerprint density at radius 2 is 1.88 bits per heavy atom. The minimum Gasteiger partial charge on any atom is -0.486 e. The maximum absolute atomic E-state index is 12.3. The van der Waals surface area contributed by atoms with Gasteiger partial charge in [-0.05, 0) is 43.5 Å². The number of carbonyl (C=O) groups excluding carboxylic acids is 1. The Hall–Kier alpha value is -2.08. The first-order valence-corrected chi connectivity index (χ1v) is 9.71. The number of amides is 1. The van der Waals surface area contributed by atoms with Crippen molar-refractivity contribution in [2.75, 3.05) is 13.1 Å². The third-order valence-corrected chi connectivity index (χ3v) is 5.45. The molecule has 1 aromatic heterocycles. The number of benzene rings is 1. The van der Waals surface area contributed by atoms with E-state index in [9.17, 15) is 9.59 Å². The third-order valence-electron chi connectivity index (χ3n) is 4.92. The van der Waals surface area contributed by atoms with Gasteiger partial charge >= 0.3 is 0 Å². The molecular formula is C20H21BrN2O3. The van der Waals surface area contributed by atoms with Crippen molar-refractivity contribution in [3.8, 4) is 5.75 Å². The second-order valence-corrected chi connectivity index (χ2v) is 8.03. The Balaban J connectivity index is 1.31. The predicted octanol–water partition coefficient (Wildman–Crippen LogP) is 3.09. The van der Waals surface area contributed by atoms with Crippen LogP contribution >= 0.6 is 15.9 Å². The van der Waals surface area contributed by atoms with Gasteiger partial charge in [0.1, 0.15) is 11.9 Å². The number of hydrogen-bond donors (Lipinski definition) is 0. The summed E-state index contributed by atoms with van der Waals surface area (Å²) in [5, 5.41) is 0. The predicted molar refractivity (Wildman–Crippen MR) is 103 cm³/mol. The molecule has 0 N–H and O–H groups in total.